The third-order valence-electron chi connectivity index (χ3n) is 3.13. The molecule has 1 aromatic rings. The van der Waals surface area contributed by atoms with E-state index in [0.717, 1.165) is 0 Å². The molecule has 0 aromatic carbocycles. The second kappa shape index (κ2) is 5.71. The number of hydrogen-bond donors (Lipinski definition) is 3. The fourth-order valence-electron chi connectivity index (χ4n) is 2.11. The van der Waals surface area contributed by atoms with Gasteiger partial charge in [-0.2, -0.15) is 0 Å². The van der Waals surface area contributed by atoms with Crippen molar-refractivity contribution in [2.75, 3.05) is 6.54 Å². The number of aromatic nitrogens is 1. The fraction of sp³-hybridized carbons (Fsp3) is 0.385. The lowest BCUT2D eigenvalue weighted by molar-refractivity contribution is -0.129. The molecular weight excluding hydrogens is 248 g/mol. The Labute approximate surface area is 111 Å². The van der Waals surface area contributed by atoms with Gasteiger partial charge in [-0.05, 0) is 19.4 Å². The van der Waals surface area contributed by atoms with Crippen molar-refractivity contribution in [2.24, 2.45) is 7.05 Å². The molecule has 0 bridgehead atoms. The lowest BCUT2D eigenvalue weighted by Crippen LogP contribution is -2.29. The van der Waals surface area contributed by atoms with Crippen LogP contribution in [0.25, 0.3) is 0 Å². The lowest BCUT2D eigenvalue weighted by atomic mass is 10.0. The summed E-state index contributed by atoms with van der Waals surface area (Å²) in [6, 6.07) is 0. The molecular formula is C13H18N2O4. The summed E-state index contributed by atoms with van der Waals surface area (Å²) in [6.45, 7) is 6.95. The predicted molar refractivity (Wildman–Crippen MR) is 70.0 cm³/mol. The highest BCUT2D eigenvalue weighted by Gasteiger charge is 2.28. The Hall–Kier alpha value is -2.08. The van der Waals surface area contributed by atoms with Crippen molar-refractivity contribution in [2.45, 2.75) is 20.0 Å². The standard InChI is InChI=1S/C13H18N2O4/c1-5-6-14-12(17)11(16)9-7(2)10(13(18)19)15(4)8(9)3/h5,11,16H,1,6H2,2-4H3,(H,14,17)(H,18,19). The van der Waals surface area contributed by atoms with Crippen molar-refractivity contribution in [1.29, 1.82) is 0 Å². The first kappa shape index (κ1) is 15.0. The van der Waals surface area contributed by atoms with Gasteiger partial charge in [-0.15, -0.1) is 6.58 Å². The maximum absolute atomic E-state index is 11.7. The van der Waals surface area contributed by atoms with Gasteiger partial charge in [0.25, 0.3) is 5.91 Å². The number of carbonyl (C=O) groups is 2. The first-order valence-electron chi connectivity index (χ1n) is 5.78. The Kier molecular flexibility index (Phi) is 4.50. The van der Waals surface area contributed by atoms with Crippen molar-refractivity contribution in [3.63, 3.8) is 0 Å². The molecule has 1 rings (SSSR count). The number of nitrogens with one attached hydrogen (secondary N) is 1. The number of amides is 1. The molecule has 0 aliphatic heterocycles. The van der Waals surface area contributed by atoms with Gasteiger partial charge in [0, 0.05) is 24.8 Å². The molecule has 0 saturated heterocycles. The molecule has 19 heavy (non-hydrogen) atoms. The van der Waals surface area contributed by atoms with Gasteiger partial charge in [-0.3, -0.25) is 4.79 Å². The van der Waals surface area contributed by atoms with Crippen LogP contribution in [0.1, 0.15) is 33.4 Å². The molecule has 6 heteroatoms. The summed E-state index contributed by atoms with van der Waals surface area (Å²) >= 11 is 0. The molecule has 1 heterocycles. The number of carboxylic acid groups (broad SMARTS) is 1. The van der Waals surface area contributed by atoms with E-state index in [0.29, 0.717) is 16.8 Å². The SMILES string of the molecule is C=CCNC(=O)C(O)c1c(C)c(C(=O)O)n(C)c1C. The van der Waals surface area contributed by atoms with Crippen LogP contribution in [0, 0.1) is 13.8 Å². The maximum atomic E-state index is 11.7. The number of rotatable bonds is 5. The number of aromatic carboxylic acids is 1. The van der Waals surface area contributed by atoms with E-state index in [2.05, 4.69) is 11.9 Å². The molecule has 3 N–H and O–H groups in total. The number of nitrogens with zero attached hydrogens (tertiary/aromatic N) is 1. The molecule has 0 aliphatic carbocycles. The van der Waals surface area contributed by atoms with E-state index in [9.17, 15) is 14.7 Å². The third-order valence-corrected chi connectivity index (χ3v) is 3.13. The number of aliphatic hydroxyl groups is 1. The summed E-state index contributed by atoms with van der Waals surface area (Å²) in [5.41, 5.74) is 1.36. The van der Waals surface area contributed by atoms with Gasteiger partial charge < -0.3 is 20.1 Å². The van der Waals surface area contributed by atoms with Gasteiger partial charge in [0.2, 0.25) is 0 Å². The molecule has 1 amide bonds. The van der Waals surface area contributed by atoms with Crippen molar-refractivity contribution in [3.05, 3.63) is 35.2 Å². The highest BCUT2D eigenvalue weighted by atomic mass is 16.4. The number of carbonyl (C=O) groups excluding carboxylic acids is 1. The van der Waals surface area contributed by atoms with E-state index in [-0.39, 0.29) is 12.2 Å². The minimum absolute atomic E-state index is 0.0723. The average molecular weight is 266 g/mol. The van der Waals surface area contributed by atoms with Crippen molar-refractivity contribution >= 4 is 11.9 Å². The zero-order valence-electron chi connectivity index (χ0n) is 11.2. The monoisotopic (exact) mass is 266 g/mol. The average Bonchev–Trinajstić information content (AvgIpc) is 2.56. The molecule has 0 spiro atoms. The van der Waals surface area contributed by atoms with Gasteiger partial charge >= 0.3 is 5.97 Å². The fourth-order valence-corrected chi connectivity index (χ4v) is 2.11. The minimum Gasteiger partial charge on any atom is -0.477 e. The first-order chi connectivity index (χ1) is 8.82. The summed E-state index contributed by atoms with van der Waals surface area (Å²) in [6.07, 6.45) is 0.108. The lowest BCUT2D eigenvalue weighted by Gasteiger charge is -2.12. The van der Waals surface area contributed by atoms with Gasteiger partial charge in [-0.1, -0.05) is 6.08 Å². The van der Waals surface area contributed by atoms with Crippen LogP contribution in [0.2, 0.25) is 0 Å². The summed E-state index contributed by atoms with van der Waals surface area (Å²) in [7, 11) is 1.59. The quantitative estimate of drug-likeness (QED) is 0.683. The van der Waals surface area contributed by atoms with Gasteiger partial charge in [0.05, 0.1) is 0 Å². The molecule has 6 nitrogen and oxygen atoms in total. The molecule has 0 aliphatic rings. The smallest absolute Gasteiger partial charge is 0.352 e. The van der Waals surface area contributed by atoms with E-state index in [4.69, 9.17) is 5.11 Å². The van der Waals surface area contributed by atoms with E-state index in [1.165, 1.54) is 10.6 Å². The molecule has 104 valence electrons. The molecule has 0 fully saturated rings. The highest BCUT2D eigenvalue weighted by molar-refractivity contribution is 5.90. The summed E-state index contributed by atoms with van der Waals surface area (Å²) in [5.74, 6) is -1.67. The molecule has 0 saturated carbocycles. The zero-order chi connectivity index (χ0) is 14.7. The predicted octanol–water partition coefficient (Wildman–Crippen LogP) is 0.676. The second-order valence-corrected chi connectivity index (χ2v) is 4.27. The number of hydrogen-bond acceptors (Lipinski definition) is 3. The molecule has 1 unspecified atom stereocenters. The van der Waals surface area contributed by atoms with Crippen molar-refractivity contribution in [1.82, 2.24) is 9.88 Å². The Balaban J connectivity index is 3.21. The van der Waals surface area contributed by atoms with Gasteiger partial charge in [0.15, 0.2) is 6.10 Å². The van der Waals surface area contributed by atoms with Crippen molar-refractivity contribution < 1.29 is 19.8 Å². The maximum Gasteiger partial charge on any atom is 0.352 e. The van der Waals surface area contributed by atoms with Crippen LogP contribution in [0.15, 0.2) is 12.7 Å². The third kappa shape index (κ3) is 2.68. The van der Waals surface area contributed by atoms with Gasteiger partial charge in [-0.25, -0.2) is 4.79 Å². The Morgan fingerprint density at radius 1 is 1.47 bits per heavy atom. The van der Waals surface area contributed by atoms with Crippen molar-refractivity contribution in [3.8, 4) is 0 Å². The molecule has 1 atom stereocenters. The largest absolute Gasteiger partial charge is 0.477 e. The number of carboxylic acids is 1. The van der Waals surface area contributed by atoms with E-state index < -0.39 is 18.0 Å². The van der Waals surface area contributed by atoms with Crippen LogP contribution in [0.5, 0.6) is 0 Å². The second-order valence-electron chi connectivity index (χ2n) is 4.27. The summed E-state index contributed by atoms with van der Waals surface area (Å²) in [5, 5.41) is 21.7. The topological polar surface area (TPSA) is 91.6 Å². The Bertz CT molecular complexity index is 531. The minimum atomic E-state index is -1.39. The summed E-state index contributed by atoms with van der Waals surface area (Å²) < 4.78 is 1.46. The highest BCUT2D eigenvalue weighted by Crippen LogP contribution is 2.27. The van der Waals surface area contributed by atoms with E-state index in [1.54, 1.807) is 20.9 Å². The number of aliphatic hydroxyl groups excluding tert-OH is 1. The first-order valence-corrected chi connectivity index (χ1v) is 5.78. The molecule has 0 radical (unpaired) electrons. The summed E-state index contributed by atoms with van der Waals surface area (Å²) in [4.78, 5) is 22.9. The van der Waals surface area contributed by atoms with Crippen LogP contribution in [-0.2, 0) is 11.8 Å². The van der Waals surface area contributed by atoms with Crippen LogP contribution in [0.3, 0.4) is 0 Å². The normalized spacial score (nSPS) is 12.0. The molecule has 1 aromatic heterocycles. The van der Waals surface area contributed by atoms with E-state index >= 15 is 0 Å². The Morgan fingerprint density at radius 2 is 2.05 bits per heavy atom. The van der Waals surface area contributed by atoms with Crippen LogP contribution in [0.4, 0.5) is 0 Å². The van der Waals surface area contributed by atoms with Crippen LogP contribution >= 0.6 is 0 Å². The zero-order valence-corrected chi connectivity index (χ0v) is 11.2. The van der Waals surface area contributed by atoms with Gasteiger partial charge in [0.1, 0.15) is 5.69 Å². The van der Waals surface area contributed by atoms with Crippen LogP contribution in [-0.4, -0.2) is 33.2 Å². The van der Waals surface area contributed by atoms with Crippen LogP contribution < -0.4 is 5.32 Å². The van der Waals surface area contributed by atoms with E-state index in [1.807, 2.05) is 0 Å². The Morgan fingerprint density at radius 3 is 2.47 bits per heavy atom.